The number of ether oxygens (including phenoxy) is 2. The molecule has 8 heteroatoms. The number of methoxy groups -OCH3 is 1. The van der Waals surface area contributed by atoms with Crippen molar-refractivity contribution in [2.45, 2.75) is 12.8 Å². The smallest absolute Gasteiger partial charge is 0.497 e. The van der Waals surface area contributed by atoms with E-state index < -0.39 is 6.36 Å². The summed E-state index contributed by atoms with van der Waals surface area (Å²) in [6.45, 7) is 0.391. The summed E-state index contributed by atoms with van der Waals surface area (Å²) in [4.78, 5) is 4.18. The molecule has 0 saturated heterocycles. The quantitative estimate of drug-likeness (QED) is 0.615. The van der Waals surface area contributed by atoms with E-state index in [-0.39, 0.29) is 11.7 Å². The van der Waals surface area contributed by atoms with E-state index in [1.165, 1.54) is 12.1 Å². The average molecular weight is 353 g/mol. The summed E-state index contributed by atoms with van der Waals surface area (Å²) >= 11 is 0. The number of nitrogens with one attached hydrogen (secondary N) is 1. The normalized spacial score (nSPS) is 11.9. The van der Waals surface area contributed by atoms with Gasteiger partial charge in [-0.05, 0) is 36.2 Å². The van der Waals surface area contributed by atoms with E-state index in [4.69, 9.17) is 10.5 Å². The van der Waals surface area contributed by atoms with Crippen LogP contribution in [0.25, 0.3) is 0 Å². The van der Waals surface area contributed by atoms with Gasteiger partial charge in [0.25, 0.3) is 0 Å². The highest BCUT2D eigenvalue weighted by molar-refractivity contribution is 5.92. The second-order valence-electron chi connectivity index (χ2n) is 5.07. The van der Waals surface area contributed by atoms with E-state index in [2.05, 4.69) is 15.0 Å². The van der Waals surface area contributed by atoms with Crippen LogP contribution in [0.5, 0.6) is 11.5 Å². The van der Waals surface area contributed by atoms with Gasteiger partial charge in [0, 0.05) is 18.3 Å². The maximum absolute atomic E-state index is 12.1. The lowest BCUT2D eigenvalue weighted by atomic mass is 10.1. The fourth-order valence-corrected chi connectivity index (χ4v) is 2.05. The van der Waals surface area contributed by atoms with Gasteiger partial charge in [0.15, 0.2) is 5.96 Å². The van der Waals surface area contributed by atoms with Crippen molar-refractivity contribution in [3.05, 3.63) is 54.1 Å². The molecule has 2 rings (SSSR count). The van der Waals surface area contributed by atoms with Crippen LogP contribution in [-0.4, -0.2) is 26.0 Å². The number of nitrogens with two attached hydrogens (primary N) is 1. The largest absolute Gasteiger partial charge is 0.573 e. The minimum Gasteiger partial charge on any atom is -0.497 e. The molecular formula is C17H18F3N3O2. The van der Waals surface area contributed by atoms with Crippen LogP contribution in [0.4, 0.5) is 18.9 Å². The molecule has 0 fully saturated rings. The average Bonchev–Trinajstić information content (AvgIpc) is 2.55. The van der Waals surface area contributed by atoms with E-state index in [0.717, 1.165) is 11.3 Å². The summed E-state index contributed by atoms with van der Waals surface area (Å²) in [5, 5.41) is 2.94. The number of anilines is 1. The molecule has 5 nitrogen and oxygen atoms in total. The molecule has 0 heterocycles. The maximum atomic E-state index is 12.1. The van der Waals surface area contributed by atoms with Gasteiger partial charge in [-0.1, -0.05) is 18.2 Å². The summed E-state index contributed by atoms with van der Waals surface area (Å²) in [6, 6.07) is 12.9. The third kappa shape index (κ3) is 6.62. The first-order chi connectivity index (χ1) is 11.9. The van der Waals surface area contributed by atoms with E-state index in [1.54, 1.807) is 25.3 Å². The number of alkyl halides is 3. The Morgan fingerprint density at radius 3 is 2.48 bits per heavy atom. The molecule has 0 radical (unpaired) electrons. The monoisotopic (exact) mass is 353 g/mol. The lowest BCUT2D eigenvalue weighted by Gasteiger charge is -2.09. The molecule has 25 heavy (non-hydrogen) atoms. The Balaban J connectivity index is 1.85. The van der Waals surface area contributed by atoms with Gasteiger partial charge in [0.2, 0.25) is 0 Å². The summed E-state index contributed by atoms with van der Waals surface area (Å²) in [5.74, 6) is 0.684. The van der Waals surface area contributed by atoms with E-state index >= 15 is 0 Å². The van der Waals surface area contributed by atoms with Crippen LogP contribution in [0.1, 0.15) is 5.56 Å². The van der Waals surface area contributed by atoms with Crippen LogP contribution in [0.15, 0.2) is 53.5 Å². The first-order valence-electron chi connectivity index (χ1n) is 7.41. The number of aliphatic imine (C=N–C) groups is 1. The Morgan fingerprint density at radius 1 is 1.12 bits per heavy atom. The standard InChI is InChI=1S/C17H18F3N3O2/c1-24-15-4-2-3-13(11-15)23-16(21)22-10-9-12-5-7-14(8-6-12)25-17(18,19)20/h2-8,11H,9-10H2,1H3,(H3,21,22,23). The first-order valence-corrected chi connectivity index (χ1v) is 7.41. The first kappa shape index (κ1) is 18.4. The number of nitrogens with zero attached hydrogens (tertiary/aromatic N) is 1. The van der Waals surface area contributed by atoms with E-state index in [9.17, 15) is 13.2 Å². The topological polar surface area (TPSA) is 68.9 Å². The Bertz CT molecular complexity index is 716. The van der Waals surface area contributed by atoms with Gasteiger partial charge in [-0.3, -0.25) is 4.99 Å². The molecule has 0 bridgehead atoms. The Labute approximate surface area is 143 Å². The van der Waals surface area contributed by atoms with Crippen molar-refractivity contribution in [3.63, 3.8) is 0 Å². The summed E-state index contributed by atoms with van der Waals surface area (Å²) in [7, 11) is 1.57. The zero-order chi connectivity index (χ0) is 18.3. The number of hydrogen-bond acceptors (Lipinski definition) is 3. The Kier molecular flexibility index (Phi) is 6.10. The van der Waals surface area contributed by atoms with Crippen LogP contribution >= 0.6 is 0 Å². The van der Waals surface area contributed by atoms with Crippen molar-refractivity contribution in [1.29, 1.82) is 0 Å². The number of hydrogen-bond donors (Lipinski definition) is 2. The number of halogens is 3. The van der Waals surface area contributed by atoms with Gasteiger partial charge in [0.1, 0.15) is 11.5 Å². The SMILES string of the molecule is COc1cccc(NC(N)=NCCc2ccc(OC(F)(F)F)cc2)c1. The van der Waals surface area contributed by atoms with Crippen LogP contribution in [0.3, 0.4) is 0 Å². The van der Waals surface area contributed by atoms with Crippen molar-refractivity contribution in [3.8, 4) is 11.5 Å². The van der Waals surface area contributed by atoms with E-state index in [0.29, 0.717) is 18.7 Å². The third-order valence-electron chi connectivity index (χ3n) is 3.18. The molecule has 0 aromatic heterocycles. The third-order valence-corrected chi connectivity index (χ3v) is 3.18. The number of guanidine groups is 1. The summed E-state index contributed by atoms with van der Waals surface area (Å²) < 4.78 is 45.2. The van der Waals surface area contributed by atoms with Crippen LogP contribution in [0, 0.1) is 0 Å². The number of benzene rings is 2. The molecule has 0 amide bonds. The van der Waals surface area contributed by atoms with Crippen LogP contribution in [-0.2, 0) is 6.42 Å². The van der Waals surface area contributed by atoms with Crippen molar-refractivity contribution in [2.75, 3.05) is 19.0 Å². The van der Waals surface area contributed by atoms with Crippen molar-refractivity contribution in [2.24, 2.45) is 10.7 Å². The van der Waals surface area contributed by atoms with Crippen molar-refractivity contribution >= 4 is 11.6 Å². The van der Waals surface area contributed by atoms with E-state index in [1.807, 2.05) is 18.2 Å². The zero-order valence-electron chi connectivity index (χ0n) is 13.5. The molecular weight excluding hydrogens is 335 g/mol. The van der Waals surface area contributed by atoms with Gasteiger partial charge < -0.3 is 20.5 Å². The highest BCUT2D eigenvalue weighted by Crippen LogP contribution is 2.22. The Morgan fingerprint density at radius 2 is 1.84 bits per heavy atom. The lowest BCUT2D eigenvalue weighted by Crippen LogP contribution is -2.23. The highest BCUT2D eigenvalue weighted by Gasteiger charge is 2.30. The fourth-order valence-electron chi connectivity index (χ4n) is 2.05. The molecule has 2 aromatic rings. The van der Waals surface area contributed by atoms with Gasteiger partial charge in [-0.25, -0.2) is 0 Å². The Hall–Kier alpha value is -2.90. The molecule has 3 N–H and O–H groups in total. The predicted molar refractivity (Wildman–Crippen MR) is 89.9 cm³/mol. The molecule has 0 aliphatic carbocycles. The van der Waals surface area contributed by atoms with Gasteiger partial charge in [-0.15, -0.1) is 13.2 Å². The van der Waals surface area contributed by atoms with Crippen LogP contribution < -0.4 is 20.5 Å². The van der Waals surface area contributed by atoms with Gasteiger partial charge in [0.05, 0.1) is 7.11 Å². The summed E-state index contributed by atoms with van der Waals surface area (Å²) in [5.41, 5.74) is 7.38. The molecule has 0 aliphatic rings. The second-order valence-corrected chi connectivity index (χ2v) is 5.07. The zero-order valence-corrected chi connectivity index (χ0v) is 13.5. The molecule has 134 valence electrons. The fraction of sp³-hybridized carbons (Fsp3) is 0.235. The molecule has 0 aliphatic heterocycles. The molecule has 0 unspecified atom stereocenters. The lowest BCUT2D eigenvalue weighted by molar-refractivity contribution is -0.274. The van der Waals surface area contributed by atoms with Gasteiger partial charge in [-0.2, -0.15) is 0 Å². The highest BCUT2D eigenvalue weighted by atomic mass is 19.4. The molecule has 2 aromatic carbocycles. The minimum atomic E-state index is -4.69. The van der Waals surface area contributed by atoms with Crippen molar-refractivity contribution in [1.82, 2.24) is 0 Å². The summed E-state index contributed by atoms with van der Waals surface area (Å²) in [6.07, 6.45) is -4.15. The predicted octanol–water partition coefficient (Wildman–Crippen LogP) is 3.56. The van der Waals surface area contributed by atoms with Crippen molar-refractivity contribution < 1.29 is 22.6 Å². The minimum absolute atomic E-state index is 0.241. The van der Waals surface area contributed by atoms with Gasteiger partial charge >= 0.3 is 6.36 Å². The number of rotatable bonds is 6. The molecule has 0 atom stereocenters. The molecule has 0 spiro atoms. The van der Waals surface area contributed by atoms with Crippen LogP contribution in [0.2, 0.25) is 0 Å². The second kappa shape index (κ2) is 8.27. The molecule has 0 saturated carbocycles. The maximum Gasteiger partial charge on any atom is 0.573 e.